The number of carbonyl (C=O) groups is 2. The van der Waals surface area contributed by atoms with Crippen molar-refractivity contribution < 1.29 is 19.1 Å². The summed E-state index contributed by atoms with van der Waals surface area (Å²) in [6.45, 7) is 1.19. The number of carbonyl (C=O) groups excluding carboxylic acids is 2. The van der Waals surface area contributed by atoms with E-state index in [0.29, 0.717) is 22.9 Å². The van der Waals surface area contributed by atoms with Crippen LogP contribution in [0, 0.1) is 0 Å². The first kappa shape index (κ1) is 17.1. The lowest BCUT2D eigenvalue weighted by Crippen LogP contribution is -2.44. The molecule has 2 rings (SSSR count). The van der Waals surface area contributed by atoms with Crippen LogP contribution < -0.4 is 25.4 Å². The molecular weight excluding hydrogens is 310 g/mol. The summed E-state index contributed by atoms with van der Waals surface area (Å²) in [6, 6.07) is 12.9. The molecule has 0 aliphatic rings. The lowest BCUT2D eigenvalue weighted by Gasteiger charge is -2.20. The molecule has 0 heterocycles. The van der Waals surface area contributed by atoms with E-state index in [-0.39, 0.29) is 6.73 Å². The zero-order chi connectivity index (χ0) is 17.5. The Morgan fingerprint density at radius 3 is 2.29 bits per heavy atom. The van der Waals surface area contributed by atoms with E-state index in [2.05, 4.69) is 5.32 Å². The molecule has 2 aromatic rings. The summed E-state index contributed by atoms with van der Waals surface area (Å²) in [6.07, 6.45) is 0. The van der Waals surface area contributed by atoms with Crippen LogP contribution >= 0.6 is 0 Å². The first-order valence-electron chi connectivity index (χ1n) is 7.23. The number of methoxy groups -OCH3 is 1. The predicted molar refractivity (Wildman–Crippen MR) is 91.0 cm³/mol. The summed E-state index contributed by atoms with van der Waals surface area (Å²) in [5.41, 5.74) is 6.58. The molecule has 0 aliphatic heterocycles. The summed E-state index contributed by atoms with van der Waals surface area (Å²) in [7, 11) is 1.53. The van der Waals surface area contributed by atoms with Crippen LogP contribution in [-0.4, -0.2) is 25.8 Å². The minimum absolute atomic E-state index is 0.113. The Labute approximate surface area is 140 Å². The van der Waals surface area contributed by atoms with Crippen LogP contribution in [0.4, 0.5) is 16.2 Å². The standard InChI is InChI=1S/C17H19N3O4/c1-12(21)20(14-9-7-13(18)8-10-14)17(22)19-11-24-16-6-4-3-5-15(16)23-2/h3-10H,11,18H2,1-2H3,(H,19,22). The van der Waals surface area contributed by atoms with Crippen LogP contribution in [0.15, 0.2) is 48.5 Å². The van der Waals surface area contributed by atoms with Crippen molar-refractivity contribution in [3.63, 3.8) is 0 Å². The average Bonchev–Trinajstić information content (AvgIpc) is 2.57. The normalized spacial score (nSPS) is 9.92. The van der Waals surface area contributed by atoms with Gasteiger partial charge >= 0.3 is 6.03 Å². The van der Waals surface area contributed by atoms with Gasteiger partial charge in [0.05, 0.1) is 12.8 Å². The maximum absolute atomic E-state index is 12.3. The number of nitrogens with zero attached hydrogens (tertiary/aromatic N) is 1. The highest BCUT2D eigenvalue weighted by molar-refractivity contribution is 6.13. The molecule has 0 radical (unpaired) electrons. The van der Waals surface area contributed by atoms with Gasteiger partial charge < -0.3 is 20.5 Å². The highest BCUT2D eigenvalue weighted by Gasteiger charge is 2.20. The van der Waals surface area contributed by atoms with Crippen LogP contribution in [0.25, 0.3) is 0 Å². The van der Waals surface area contributed by atoms with E-state index >= 15 is 0 Å². The molecular formula is C17H19N3O4. The van der Waals surface area contributed by atoms with Crippen LogP contribution in [0.2, 0.25) is 0 Å². The Bertz CT molecular complexity index is 716. The van der Waals surface area contributed by atoms with Crippen molar-refractivity contribution >= 4 is 23.3 Å². The van der Waals surface area contributed by atoms with Gasteiger partial charge in [0.25, 0.3) is 0 Å². The first-order chi connectivity index (χ1) is 11.5. The van der Waals surface area contributed by atoms with Gasteiger partial charge in [-0.1, -0.05) is 12.1 Å². The van der Waals surface area contributed by atoms with E-state index in [0.717, 1.165) is 4.90 Å². The minimum atomic E-state index is -0.595. The zero-order valence-corrected chi connectivity index (χ0v) is 13.5. The van der Waals surface area contributed by atoms with Crippen LogP contribution in [-0.2, 0) is 4.79 Å². The fourth-order valence-electron chi connectivity index (χ4n) is 2.06. The van der Waals surface area contributed by atoms with Crippen LogP contribution in [0.5, 0.6) is 11.5 Å². The number of anilines is 2. The second-order valence-corrected chi connectivity index (χ2v) is 4.87. The lowest BCUT2D eigenvalue weighted by molar-refractivity contribution is -0.115. The maximum Gasteiger partial charge on any atom is 0.331 e. The average molecular weight is 329 g/mol. The predicted octanol–water partition coefficient (Wildman–Crippen LogP) is 2.38. The Morgan fingerprint density at radius 1 is 1.08 bits per heavy atom. The summed E-state index contributed by atoms with van der Waals surface area (Å²) >= 11 is 0. The van der Waals surface area contributed by atoms with Crippen molar-refractivity contribution in [3.8, 4) is 11.5 Å². The fraction of sp³-hybridized carbons (Fsp3) is 0.176. The molecule has 24 heavy (non-hydrogen) atoms. The molecule has 3 amide bonds. The molecule has 3 N–H and O–H groups in total. The number of nitrogen functional groups attached to an aromatic ring is 1. The van der Waals surface area contributed by atoms with Gasteiger partial charge in [-0.05, 0) is 36.4 Å². The van der Waals surface area contributed by atoms with Gasteiger partial charge in [0.15, 0.2) is 18.2 Å². The molecule has 0 aromatic heterocycles. The second-order valence-electron chi connectivity index (χ2n) is 4.87. The molecule has 7 nitrogen and oxygen atoms in total. The van der Waals surface area contributed by atoms with Crippen molar-refractivity contribution in [1.82, 2.24) is 5.32 Å². The smallest absolute Gasteiger partial charge is 0.331 e. The van der Waals surface area contributed by atoms with Gasteiger partial charge in [0.2, 0.25) is 5.91 Å². The quantitative estimate of drug-likeness (QED) is 0.649. The summed E-state index contributed by atoms with van der Waals surface area (Å²) in [5, 5.41) is 2.53. The van der Waals surface area contributed by atoms with Crippen molar-refractivity contribution in [2.45, 2.75) is 6.92 Å². The Morgan fingerprint density at radius 2 is 1.71 bits per heavy atom. The topological polar surface area (TPSA) is 93.9 Å². The molecule has 0 saturated heterocycles. The number of para-hydroxylation sites is 2. The molecule has 0 spiro atoms. The van der Waals surface area contributed by atoms with Crippen molar-refractivity contribution in [2.24, 2.45) is 0 Å². The van der Waals surface area contributed by atoms with E-state index in [1.807, 2.05) is 6.07 Å². The van der Waals surface area contributed by atoms with E-state index in [9.17, 15) is 9.59 Å². The number of nitrogens with one attached hydrogen (secondary N) is 1. The molecule has 126 valence electrons. The summed E-state index contributed by atoms with van der Waals surface area (Å²) in [5.74, 6) is 0.616. The third kappa shape index (κ3) is 4.16. The van der Waals surface area contributed by atoms with E-state index in [4.69, 9.17) is 15.2 Å². The van der Waals surface area contributed by atoms with Gasteiger partial charge in [-0.25, -0.2) is 9.69 Å². The third-order valence-corrected chi connectivity index (χ3v) is 3.19. The highest BCUT2D eigenvalue weighted by Crippen LogP contribution is 2.25. The molecule has 0 saturated carbocycles. The maximum atomic E-state index is 12.3. The lowest BCUT2D eigenvalue weighted by atomic mass is 10.2. The van der Waals surface area contributed by atoms with Crippen molar-refractivity contribution in [2.75, 3.05) is 24.5 Å². The Kier molecular flexibility index (Phi) is 5.62. The minimum Gasteiger partial charge on any atom is -0.493 e. The number of amides is 3. The van der Waals surface area contributed by atoms with Gasteiger partial charge in [0, 0.05) is 12.6 Å². The number of ether oxygens (including phenoxy) is 2. The zero-order valence-electron chi connectivity index (χ0n) is 13.5. The van der Waals surface area contributed by atoms with Gasteiger partial charge in [0.1, 0.15) is 0 Å². The Balaban J connectivity index is 2.01. The van der Waals surface area contributed by atoms with E-state index in [1.165, 1.54) is 14.0 Å². The van der Waals surface area contributed by atoms with Crippen molar-refractivity contribution in [3.05, 3.63) is 48.5 Å². The Hall–Kier alpha value is -3.22. The number of benzene rings is 2. The number of rotatable bonds is 5. The molecule has 0 fully saturated rings. The van der Waals surface area contributed by atoms with Gasteiger partial charge in [-0.2, -0.15) is 0 Å². The highest BCUT2D eigenvalue weighted by atomic mass is 16.5. The second kappa shape index (κ2) is 7.87. The fourth-order valence-corrected chi connectivity index (χ4v) is 2.06. The molecule has 0 atom stereocenters. The number of urea groups is 1. The SMILES string of the molecule is COc1ccccc1OCNC(=O)N(C(C)=O)c1ccc(N)cc1. The first-order valence-corrected chi connectivity index (χ1v) is 7.23. The largest absolute Gasteiger partial charge is 0.493 e. The summed E-state index contributed by atoms with van der Waals surface area (Å²) < 4.78 is 10.6. The molecule has 0 unspecified atom stereocenters. The number of hydrogen-bond acceptors (Lipinski definition) is 5. The van der Waals surface area contributed by atoms with Crippen LogP contribution in [0.1, 0.15) is 6.92 Å². The molecule has 0 bridgehead atoms. The molecule has 0 aliphatic carbocycles. The van der Waals surface area contributed by atoms with Gasteiger partial charge in [-0.3, -0.25) is 4.79 Å². The number of nitrogens with two attached hydrogens (primary N) is 1. The van der Waals surface area contributed by atoms with Gasteiger partial charge in [-0.15, -0.1) is 0 Å². The molecule has 7 heteroatoms. The van der Waals surface area contributed by atoms with Crippen LogP contribution in [0.3, 0.4) is 0 Å². The number of imide groups is 1. The third-order valence-electron chi connectivity index (χ3n) is 3.19. The number of hydrogen-bond donors (Lipinski definition) is 2. The monoisotopic (exact) mass is 329 g/mol. The van der Waals surface area contributed by atoms with Crippen molar-refractivity contribution in [1.29, 1.82) is 0 Å². The molecule has 2 aromatic carbocycles. The summed E-state index contributed by atoms with van der Waals surface area (Å²) in [4.78, 5) is 25.0. The van der Waals surface area contributed by atoms with E-state index in [1.54, 1.807) is 42.5 Å². The van der Waals surface area contributed by atoms with E-state index < -0.39 is 11.9 Å².